The van der Waals surface area contributed by atoms with Gasteiger partial charge in [0.2, 0.25) is 0 Å². The largest absolute Gasteiger partial charge is 0.494 e. The van der Waals surface area contributed by atoms with Gasteiger partial charge < -0.3 is 15.2 Å². The molecular weight excluding hydrogens is 188 g/mol. The van der Waals surface area contributed by atoms with Gasteiger partial charge in [0, 0.05) is 0 Å². The van der Waals surface area contributed by atoms with Gasteiger partial charge in [0.25, 0.3) is 0 Å². The highest BCUT2D eigenvalue weighted by atomic mass is 32.1. The van der Waals surface area contributed by atoms with Gasteiger partial charge in [-0.2, -0.15) is 0 Å². The molecule has 0 radical (unpaired) electrons. The number of rotatable bonds is 3. The van der Waals surface area contributed by atoms with Crippen LogP contribution in [0.25, 0.3) is 0 Å². The first-order valence-corrected chi connectivity index (χ1v) is 3.97. The molecule has 0 bridgehead atoms. The summed E-state index contributed by atoms with van der Waals surface area (Å²) >= 11 is 4.86. The molecule has 13 heavy (non-hydrogen) atoms. The molecule has 2 N–H and O–H groups in total. The fraction of sp³-hybridized carbons (Fsp3) is 0.250. The lowest BCUT2D eigenvalue weighted by Crippen LogP contribution is -2.13. The van der Waals surface area contributed by atoms with Crippen LogP contribution in [0.5, 0.6) is 11.5 Å². The molecule has 0 amide bonds. The quantitative estimate of drug-likeness (QED) is 0.726. The van der Waals surface area contributed by atoms with E-state index in [2.05, 4.69) is 4.98 Å². The van der Waals surface area contributed by atoms with Crippen LogP contribution >= 0.6 is 12.2 Å². The van der Waals surface area contributed by atoms with Gasteiger partial charge >= 0.3 is 0 Å². The minimum Gasteiger partial charge on any atom is -0.494 e. The maximum Gasteiger partial charge on any atom is 0.151 e. The molecule has 5 heteroatoms. The van der Waals surface area contributed by atoms with Crippen LogP contribution in [0.4, 0.5) is 0 Å². The summed E-state index contributed by atoms with van der Waals surface area (Å²) in [5, 5.41) is 0. The number of pyridine rings is 1. The fourth-order valence-corrected chi connectivity index (χ4v) is 1.18. The van der Waals surface area contributed by atoms with E-state index in [1.54, 1.807) is 0 Å². The van der Waals surface area contributed by atoms with Crippen LogP contribution in [0, 0.1) is 0 Å². The Bertz CT molecular complexity index is 306. The van der Waals surface area contributed by atoms with Crippen LogP contribution in [0.15, 0.2) is 12.4 Å². The summed E-state index contributed by atoms with van der Waals surface area (Å²) in [5.74, 6) is 1.04. The summed E-state index contributed by atoms with van der Waals surface area (Å²) in [7, 11) is 3.05. The highest BCUT2D eigenvalue weighted by Crippen LogP contribution is 2.26. The molecule has 0 aliphatic heterocycles. The van der Waals surface area contributed by atoms with Crippen molar-refractivity contribution in [3.05, 3.63) is 18.0 Å². The first kappa shape index (κ1) is 9.73. The third kappa shape index (κ3) is 1.86. The van der Waals surface area contributed by atoms with E-state index in [1.165, 1.54) is 26.6 Å². The van der Waals surface area contributed by atoms with Crippen molar-refractivity contribution >= 4 is 17.2 Å². The van der Waals surface area contributed by atoms with Gasteiger partial charge in [0.15, 0.2) is 11.5 Å². The molecule has 1 rings (SSSR count). The van der Waals surface area contributed by atoms with Gasteiger partial charge in [0.05, 0.1) is 32.2 Å². The number of methoxy groups -OCH3 is 2. The number of hydrogen-bond donors (Lipinski definition) is 1. The molecule has 0 spiro atoms. The predicted molar refractivity (Wildman–Crippen MR) is 53.2 cm³/mol. The Morgan fingerprint density at radius 2 is 1.77 bits per heavy atom. The van der Waals surface area contributed by atoms with Gasteiger partial charge in [-0.25, -0.2) is 0 Å². The second-order valence-electron chi connectivity index (χ2n) is 2.28. The molecule has 0 aliphatic rings. The predicted octanol–water partition coefficient (Wildman–Crippen LogP) is 0.733. The minimum absolute atomic E-state index is 0.233. The Kier molecular flexibility index (Phi) is 3.02. The average molecular weight is 198 g/mol. The summed E-state index contributed by atoms with van der Waals surface area (Å²) in [6, 6.07) is 0. The van der Waals surface area contributed by atoms with Crippen molar-refractivity contribution in [1.29, 1.82) is 0 Å². The lowest BCUT2D eigenvalue weighted by molar-refractivity contribution is 0.389. The molecule has 0 saturated heterocycles. The van der Waals surface area contributed by atoms with E-state index in [0.717, 1.165) is 0 Å². The molecular formula is C8H10N2O2S. The van der Waals surface area contributed by atoms with Crippen LogP contribution in [0.1, 0.15) is 5.56 Å². The Labute approximate surface area is 81.7 Å². The molecule has 1 aromatic heterocycles. The summed E-state index contributed by atoms with van der Waals surface area (Å²) in [4.78, 5) is 4.14. The normalized spacial score (nSPS) is 9.38. The molecule has 0 aromatic carbocycles. The molecule has 70 valence electrons. The topological polar surface area (TPSA) is 57.4 Å². The average Bonchev–Trinajstić information content (AvgIpc) is 2.16. The summed E-state index contributed by atoms with van der Waals surface area (Å²) in [6.07, 6.45) is 3.08. The highest BCUT2D eigenvalue weighted by Gasteiger charge is 2.12. The van der Waals surface area contributed by atoms with Crippen LogP contribution in [-0.2, 0) is 0 Å². The van der Waals surface area contributed by atoms with Crippen molar-refractivity contribution < 1.29 is 9.47 Å². The number of hydrogen-bond acceptors (Lipinski definition) is 4. The Morgan fingerprint density at radius 3 is 2.08 bits per heavy atom. The van der Waals surface area contributed by atoms with E-state index in [9.17, 15) is 0 Å². The smallest absolute Gasteiger partial charge is 0.151 e. The molecule has 4 nitrogen and oxygen atoms in total. The van der Waals surface area contributed by atoms with Crippen LogP contribution in [-0.4, -0.2) is 24.2 Å². The first-order chi connectivity index (χ1) is 6.20. The second kappa shape index (κ2) is 4.04. The van der Waals surface area contributed by atoms with E-state index in [4.69, 9.17) is 27.4 Å². The van der Waals surface area contributed by atoms with Crippen molar-refractivity contribution in [1.82, 2.24) is 4.98 Å². The van der Waals surface area contributed by atoms with Crippen molar-refractivity contribution in [2.75, 3.05) is 14.2 Å². The van der Waals surface area contributed by atoms with Gasteiger partial charge in [0.1, 0.15) is 4.99 Å². The van der Waals surface area contributed by atoms with E-state index in [1.807, 2.05) is 0 Å². The molecule has 0 unspecified atom stereocenters. The number of thiocarbonyl (C=S) groups is 1. The molecule has 1 heterocycles. The third-order valence-corrected chi connectivity index (χ3v) is 1.77. The van der Waals surface area contributed by atoms with Gasteiger partial charge in [-0.3, -0.25) is 4.98 Å². The van der Waals surface area contributed by atoms with E-state index in [0.29, 0.717) is 17.1 Å². The summed E-state index contributed by atoms with van der Waals surface area (Å²) in [5.41, 5.74) is 6.09. The number of nitrogens with two attached hydrogens (primary N) is 1. The van der Waals surface area contributed by atoms with Crippen LogP contribution in [0.2, 0.25) is 0 Å². The number of ether oxygens (including phenoxy) is 2. The molecule has 1 aromatic rings. The maximum atomic E-state index is 5.51. The van der Waals surface area contributed by atoms with E-state index >= 15 is 0 Å². The number of aromatic nitrogens is 1. The van der Waals surface area contributed by atoms with Gasteiger partial charge in [-0.15, -0.1) is 0 Å². The fourth-order valence-electron chi connectivity index (χ4n) is 0.976. The van der Waals surface area contributed by atoms with Crippen molar-refractivity contribution in [2.24, 2.45) is 5.73 Å². The zero-order chi connectivity index (χ0) is 9.84. The Morgan fingerprint density at radius 1 is 1.31 bits per heavy atom. The van der Waals surface area contributed by atoms with E-state index in [-0.39, 0.29) is 4.99 Å². The zero-order valence-corrected chi connectivity index (χ0v) is 8.22. The Hall–Kier alpha value is -1.36. The second-order valence-corrected chi connectivity index (χ2v) is 2.72. The third-order valence-electron chi connectivity index (χ3n) is 1.56. The lowest BCUT2D eigenvalue weighted by atomic mass is 10.2. The van der Waals surface area contributed by atoms with Crippen LogP contribution < -0.4 is 15.2 Å². The van der Waals surface area contributed by atoms with E-state index < -0.39 is 0 Å². The van der Waals surface area contributed by atoms with Crippen molar-refractivity contribution in [3.63, 3.8) is 0 Å². The first-order valence-electron chi connectivity index (χ1n) is 3.56. The summed E-state index contributed by atoms with van der Waals surface area (Å²) < 4.78 is 10.1. The monoisotopic (exact) mass is 198 g/mol. The minimum atomic E-state index is 0.233. The highest BCUT2D eigenvalue weighted by molar-refractivity contribution is 7.80. The Balaban J connectivity index is 3.29. The van der Waals surface area contributed by atoms with Crippen molar-refractivity contribution in [3.8, 4) is 11.5 Å². The molecule has 0 fully saturated rings. The zero-order valence-electron chi connectivity index (χ0n) is 7.40. The summed E-state index contributed by atoms with van der Waals surface area (Å²) in [6.45, 7) is 0. The van der Waals surface area contributed by atoms with Gasteiger partial charge in [-0.1, -0.05) is 12.2 Å². The van der Waals surface area contributed by atoms with Crippen LogP contribution in [0.3, 0.4) is 0 Å². The number of nitrogens with zero attached hydrogens (tertiary/aromatic N) is 1. The van der Waals surface area contributed by atoms with Gasteiger partial charge in [-0.05, 0) is 0 Å². The molecule has 0 saturated carbocycles. The van der Waals surface area contributed by atoms with Crippen molar-refractivity contribution in [2.45, 2.75) is 0 Å². The maximum absolute atomic E-state index is 5.51. The SMILES string of the molecule is COc1cncc(OC)c1C(N)=S. The molecule has 0 atom stereocenters. The standard InChI is InChI=1S/C8H10N2O2S/c1-11-5-3-10-4-6(12-2)7(5)8(9)13/h3-4H,1-2H3,(H2,9,13). The lowest BCUT2D eigenvalue weighted by Gasteiger charge is -2.10. The molecule has 0 aliphatic carbocycles.